The number of nitrogens with one attached hydrogen (secondary N) is 1. The van der Waals surface area contributed by atoms with Gasteiger partial charge in [-0.2, -0.15) is 13.2 Å². The Hall–Kier alpha value is -1.30. The number of pyridine rings is 1. The van der Waals surface area contributed by atoms with Crippen LogP contribution in [0.15, 0.2) is 18.3 Å². The van der Waals surface area contributed by atoms with E-state index in [1.54, 1.807) is 0 Å². The molecule has 0 fully saturated rings. The van der Waals surface area contributed by atoms with Crippen LogP contribution in [-0.4, -0.2) is 25.3 Å². The number of aromatic nitrogens is 1. The van der Waals surface area contributed by atoms with Crippen molar-refractivity contribution in [1.29, 1.82) is 0 Å². The van der Waals surface area contributed by atoms with E-state index in [-0.39, 0.29) is 11.4 Å². The van der Waals surface area contributed by atoms with Crippen molar-refractivity contribution < 1.29 is 17.9 Å². The molecule has 1 atom stereocenters. The summed E-state index contributed by atoms with van der Waals surface area (Å²) in [4.78, 5) is 3.68. The number of rotatable bonds is 3. The third kappa shape index (κ3) is 2.59. The number of alkyl halides is 3. The number of methoxy groups -OCH3 is 1. The van der Waals surface area contributed by atoms with Crippen LogP contribution in [0.5, 0.6) is 5.75 Å². The Kier molecular flexibility index (Phi) is 3.52. The van der Waals surface area contributed by atoms with Crippen LogP contribution >= 0.6 is 0 Å². The zero-order valence-electron chi connectivity index (χ0n) is 8.30. The summed E-state index contributed by atoms with van der Waals surface area (Å²) in [7, 11) is 2.54. The van der Waals surface area contributed by atoms with E-state index in [2.05, 4.69) is 10.3 Å². The Morgan fingerprint density at radius 1 is 1.47 bits per heavy atom. The average molecular weight is 220 g/mol. The maximum atomic E-state index is 12.6. The highest BCUT2D eigenvalue weighted by Gasteiger charge is 2.42. The molecule has 1 heterocycles. The van der Waals surface area contributed by atoms with E-state index in [4.69, 9.17) is 4.74 Å². The van der Waals surface area contributed by atoms with Crippen molar-refractivity contribution in [3.63, 3.8) is 0 Å². The Morgan fingerprint density at radius 3 is 2.60 bits per heavy atom. The molecule has 0 amide bonds. The predicted molar refractivity (Wildman–Crippen MR) is 48.6 cm³/mol. The third-order valence-corrected chi connectivity index (χ3v) is 1.91. The number of nitrogens with zero attached hydrogens (tertiary/aromatic N) is 1. The van der Waals surface area contributed by atoms with Crippen LogP contribution in [0.2, 0.25) is 0 Å². The lowest BCUT2D eigenvalue weighted by Crippen LogP contribution is -2.32. The summed E-state index contributed by atoms with van der Waals surface area (Å²) in [5, 5.41) is 2.17. The molecule has 0 aliphatic carbocycles. The van der Waals surface area contributed by atoms with Gasteiger partial charge in [-0.05, 0) is 19.2 Å². The van der Waals surface area contributed by atoms with Crippen LogP contribution < -0.4 is 10.1 Å². The Labute approximate surface area is 85.3 Å². The monoisotopic (exact) mass is 220 g/mol. The number of hydrogen-bond acceptors (Lipinski definition) is 3. The molecule has 0 saturated carbocycles. The summed E-state index contributed by atoms with van der Waals surface area (Å²) >= 11 is 0. The molecular weight excluding hydrogens is 209 g/mol. The van der Waals surface area contributed by atoms with Gasteiger partial charge in [0.05, 0.1) is 7.11 Å². The first kappa shape index (κ1) is 11.8. The molecule has 6 heteroatoms. The molecule has 1 unspecified atom stereocenters. The van der Waals surface area contributed by atoms with E-state index in [1.165, 1.54) is 32.5 Å². The molecule has 0 aromatic carbocycles. The molecule has 0 radical (unpaired) electrons. The van der Waals surface area contributed by atoms with E-state index in [1.807, 2.05) is 0 Å². The first-order valence-electron chi connectivity index (χ1n) is 4.23. The van der Waals surface area contributed by atoms with Crippen molar-refractivity contribution >= 4 is 0 Å². The molecule has 1 rings (SSSR count). The Balaban J connectivity index is 3.12. The molecular formula is C9H11F3N2O. The minimum absolute atomic E-state index is 0.120. The number of hydrogen-bond donors (Lipinski definition) is 1. The van der Waals surface area contributed by atoms with Crippen LogP contribution in [0.3, 0.4) is 0 Å². The molecule has 3 nitrogen and oxygen atoms in total. The Bertz CT molecular complexity index is 327. The van der Waals surface area contributed by atoms with Gasteiger partial charge in [-0.25, -0.2) is 0 Å². The van der Waals surface area contributed by atoms with E-state index in [0.717, 1.165) is 0 Å². The SMILES string of the molecule is CNC(c1ncccc1OC)C(F)(F)F. The fraction of sp³-hybridized carbons (Fsp3) is 0.444. The van der Waals surface area contributed by atoms with Crippen LogP contribution in [0.1, 0.15) is 11.7 Å². The first-order valence-corrected chi connectivity index (χ1v) is 4.23. The fourth-order valence-corrected chi connectivity index (χ4v) is 1.25. The highest BCUT2D eigenvalue weighted by Crippen LogP contribution is 2.35. The molecule has 0 bridgehead atoms. The Morgan fingerprint density at radius 2 is 2.13 bits per heavy atom. The van der Waals surface area contributed by atoms with Gasteiger partial charge in [-0.3, -0.25) is 4.98 Å². The largest absolute Gasteiger partial charge is 0.495 e. The van der Waals surface area contributed by atoms with Gasteiger partial charge in [0.25, 0.3) is 0 Å². The summed E-state index contributed by atoms with van der Waals surface area (Å²) < 4.78 is 42.5. The predicted octanol–water partition coefficient (Wildman–Crippen LogP) is 1.91. The smallest absolute Gasteiger partial charge is 0.409 e. The summed E-state index contributed by atoms with van der Waals surface area (Å²) in [6.45, 7) is 0. The lowest BCUT2D eigenvalue weighted by molar-refractivity contribution is -0.157. The van der Waals surface area contributed by atoms with Crippen molar-refractivity contribution in [1.82, 2.24) is 10.3 Å². The van der Waals surface area contributed by atoms with E-state index >= 15 is 0 Å². The maximum absolute atomic E-state index is 12.6. The molecule has 0 spiro atoms. The van der Waals surface area contributed by atoms with E-state index in [9.17, 15) is 13.2 Å². The molecule has 1 aromatic heterocycles. The summed E-state index contributed by atoms with van der Waals surface area (Å²) in [5.74, 6) is 0.120. The molecule has 0 aliphatic rings. The van der Waals surface area contributed by atoms with Gasteiger partial charge < -0.3 is 10.1 Å². The quantitative estimate of drug-likeness (QED) is 0.844. The van der Waals surface area contributed by atoms with Gasteiger partial charge in [0.2, 0.25) is 0 Å². The summed E-state index contributed by atoms with van der Waals surface area (Å²) in [6, 6.07) is 1.15. The van der Waals surface area contributed by atoms with E-state index < -0.39 is 12.2 Å². The lowest BCUT2D eigenvalue weighted by Gasteiger charge is -2.20. The zero-order chi connectivity index (χ0) is 11.5. The van der Waals surface area contributed by atoms with Gasteiger partial charge in [-0.1, -0.05) is 0 Å². The van der Waals surface area contributed by atoms with Gasteiger partial charge >= 0.3 is 6.18 Å². The maximum Gasteiger partial charge on any atom is 0.409 e. The molecule has 15 heavy (non-hydrogen) atoms. The van der Waals surface area contributed by atoms with Crippen LogP contribution in [0.25, 0.3) is 0 Å². The van der Waals surface area contributed by atoms with Crippen molar-refractivity contribution in [2.24, 2.45) is 0 Å². The number of halogens is 3. The second-order valence-electron chi connectivity index (χ2n) is 2.85. The summed E-state index contributed by atoms with van der Waals surface area (Å²) in [6.07, 6.45) is -3.09. The molecule has 0 saturated heterocycles. The standard InChI is InChI=1S/C9H11F3N2O/c1-13-8(9(10,11)12)7-6(15-2)4-3-5-14-7/h3-5,8,13H,1-2H3. The van der Waals surface area contributed by atoms with Gasteiger partial charge in [0.1, 0.15) is 17.5 Å². The van der Waals surface area contributed by atoms with Crippen LogP contribution in [-0.2, 0) is 0 Å². The van der Waals surface area contributed by atoms with Gasteiger partial charge in [0.15, 0.2) is 0 Å². The fourth-order valence-electron chi connectivity index (χ4n) is 1.25. The molecule has 1 N–H and O–H groups in total. The average Bonchev–Trinajstić information content (AvgIpc) is 2.17. The molecule has 84 valence electrons. The van der Waals surface area contributed by atoms with Crippen molar-refractivity contribution in [2.75, 3.05) is 14.2 Å². The van der Waals surface area contributed by atoms with Gasteiger partial charge in [0, 0.05) is 6.20 Å². The number of ether oxygens (including phenoxy) is 1. The van der Waals surface area contributed by atoms with Gasteiger partial charge in [-0.15, -0.1) is 0 Å². The molecule has 0 aliphatic heterocycles. The van der Waals surface area contributed by atoms with Crippen molar-refractivity contribution in [3.05, 3.63) is 24.0 Å². The zero-order valence-corrected chi connectivity index (χ0v) is 8.30. The first-order chi connectivity index (χ1) is 7.00. The normalized spacial score (nSPS) is 13.7. The highest BCUT2D eigenvalue weighted by molar-refractivity contribution is 5.30. The highest BCUT2D eigenvalue weighted by atomic mass is 19.4. The van der Waals surface area contributed by atoms with Crippen LogP contribution in [0, 0.1) is 0 Å². The second kappa shape index (κ2) is 4.48. The summed E-state index contributed by atoms with van der Waals surface area (Å²) in [5.41, 5.74) is -0.157. The second-order valence-corrected chi connectivity index (χ2v) is 2.85. The topological polar surface area (TPSA) is 34.2 Å². The minimum Gasteiger partial charge on any atom is -0.495 e. The third-order valence-electron chi connectivity index (χ3n) is 1.91. The lowest BCUT2D eigenvalue weighted by atomic mass is 10.1. The van der Waals surface area contributed by atoms with Crippen molar-refractivity contribution in [3.8, 4) is 5.75 Å². The van der Waals surface area contributed by atoms with Crippen LogP contribution in [0.4, 0.5) is 13.2 Å². The van der Waals surface area contributed by atoms with Crippen molar-refractivity contribution in [2.45, 2.75) is 12.2 Å². The molecule has 1 aromatic rings. The minimum atomic E-state index is -4.39. The van der Waals surface area contributed by atoms with E-state index in [0.29, 0.717) is 0 Å².